The molecule has 1 atom stereocenters. The van der Waals surface area contributed by atoms with Gasteiger partial charge in [0.05, 0.1) is 5.69 Å². The summed E-state index contributed by atoms with van der Waals surface area (Å²) in [6.07, 6.45) is 9.67. The summed E-state index contributed by atoms with van der Waals surface area (Å²) >= 11 is 0. The first-order valence-corrected chi connectivity index (χ1v) is 9.16. The standard InChI is InChI=1S/C19H27N3O2/c23-15-18(17-8-4-5-9-20-17)21-10-12-22(13-11-21)19(24)14-16-6-2-1-3-7-16/h4-5,8-9,15-16,18H,1-3,6-7,10-14H2. The SMILES string of the molecule is O=CC(c1ccccn1)N1CCN(C(=O)CC2CCCCC2)CC1. The Hall–Kier alpha value is -1.75. The van der Waals surface area contributed by atoms with E-state index in [-0.39, 0.29) is 6.04 Å². The van der Waals surface area contributed by atoms with Crippen molar-refractivity contribution in [1.82, 2.24) is 14.8 Å². The molecule has 1 saturated carbocycles. The minimum Gasteiger partial charge on any atom is -0.340 e. The zero-order valence-corrected chi connectivity index (χ0v) is 14.3. The Morgan fingerprint density at radius 2 is 1.92 bits per heavy atom. The second-order valence-corrected chi connectivity index (χ2v) is 6.96. The van der Waals surface area contributed by atoms with E-state index >= 15 is 0 Å². The number of piperazine rings is 1. The molecule has 0 spiro atoms. The number of carbonyl (C=O) groups excluding carboxylic acids is 2. The fourth-order valence-electron chi connectivity index (χ4n) is 3.91. The van der Waals surface area contributed by atoms with Crippen LogP contribution in [0.3, 0.4) is 0 Å². The number of pyridine rings is 1. The van der Waals surface area contributed by atoms with Crippen LogP contribution in [0.15, 0.2) is 24.4 Å². The molecule has 1 aliphatic carbocycles. The summed E-state index contributed by atoms with van der Waals surface area (Å²) in [6.45, 7) is 2.89. The third kappa shape index (κ3) is 4.20. The molecule has 2 aliphatic rings. The number of aromatic nitrogens is 1. The van der Waals surface area contributed by atoms with Crippen molar-refractivity contribution in [2.75, 3.05) is 26.2 Å². The summed E-state index contributed by atoms with van der Waals surface area (Å²) in [4.78, 5) is 32.4. The molecule has 5 heteroatoms. The van der Waals surface area contributed by atoms with Gasteiger partial charge in [0.2, 0.25) is 5.91 Å². The number of rotatable bonds is 5. The molecule has 24 heavy (non-hydrogen) atoms. The van der Waals surface area contributed by atoms with Gasteiger partial charge in [-0.15, -0.1) is 0 Å². The second kappa shape index (κ2) is 8.38. The fraction of sp³-hybridized carbons (Fsp3) is 0.632. The molecule has 130 valence electrons. The van der Waals surface area contributed by atoms with E-state index in [2.05, 4.69) is 9.88 Å². The van der Waals surface area contributed by atoms with E-state index in [0.717, 1.165) is 25.1 Å². The molecule has 1 amide bonds. The van der Waals surface area contributed by atoms with E-state index in [1.807, 2.05) is 23.1 Å². The number of aldehydes is 1. The summed E-state index contributed by atoms with van der Waals surface area (Å²) < 4.78 is 0. The lowest BCUT2D eigenvalue weighted by molar-refractivity contribution is -0.134. The third-order valence-electron chi connectivity index (χ3n) is 5.37. The molecule has 1 aromatic rings. The molecule has 0 radical (unpaired) electrons. The summed E-state index contributed by atoms with van der Waals surface area (Å²) in [5.74, 6) is 0.877. The van der Waals surface area contributed by atoms with Crippen LogP contribution in [-0.2, 0) is 9.59 Å². The Balaban J connectivity index is 1.51. The van der Waals surface area contributed by atoms with E-state index in [4.69, 9.17) is 0 Å². The fourth-order valence-corrected chi connectivity index (χ4v) is 3.91. The smallest absolute Gasteiger partial charge is 0.222 e. The summed E-state index contributed by atoms with van der Waals surface area (Å²) in [5.41, 5.74) is 0.787. The van der Waals surface area contributed by atoms with Crippen molar-refractivity contribution >= 4 is 12.2 Å². The monoisotopic (exact) mass is 329 g/mol. The molecule has 5 nitrogen and oxygen atoms in total. The highest BCUT2D eigenvalue weighted by atomic mass is 16.2. The maximum Gasteiger partial charge on any atom is 0.222 e. The zero-order chi connectivity index (χ0) is 16.8. The van der Waals surface area contributed by atoms with Crippen LogP contribution in [0.4, 0.5) is 0 Å². The lowest BCUT2D eigenvalue weighted by atomic mass is 9.86. The molecule has 0 bridgehead atoms. The summed E-state index contributed by atoms with van der Waals surface area (Å²) in [5, 5.41) is 0. The number of hydrogen-bond donors (Lipinski definition) is 0. The zero-order valence-electron chi connectivity index (χ0n) is 14.3. The Morgan fingerprint density at radius 1 is 1.17 bits per heavy atom. The van der Waals surface area contributed by atoms with Gasteiger partial charge in [-0.3, -0.25) is 14.7 Å². The van der Waals surface area contributed by atoms with E-state index in [1.54, 1.807) is 6.20 Å². The first-order valence-electron chi connectivity index (χ1n) is 9.16. The maximum absolute atomic E-state index is 12.5. The van der Waals surface area contributed by atoms with Crippen molar-refractivity contribution < 1.29 is 9.59 Å². The first-order chi connectivity index (χ1) is 11.8. The van der Waals surface area contributed by atoms with Crippen LogP contribution < -0.4 is 0 Å². The van der Waals surface area contributed by atoms with Gasteiger partial charge in [-0.1, -0.05) is 25.3 Å². The second-order valence-electron chi connectivity index (χ2n) is 6.96. The number of hydrogen-bond acceptors (Lipinski definition) is 4. The molecular formula is C19H27N3O2. The van der Waals surface area contributed by atoms with E-state index in [1.165, 1.54) is 32.1 Å². The average Bonchev–Trinajstić information content (AvgIpc) is 2.65. The predicted octanol–water partition coefficient (Wildman–Crippen LogP) is 2.44. The van der Waals surface area contributed by atoms with E-state index in [0.29, 0.717) is 31.3 Å². The van der Waals surface area contributed by atoms with Gasteiger partial charge in [0.25, 0.3) is 0 Å². The van der Waals surface area contributed by atoms with Crippen molar-refractivity contribution in [3.05, 3.63) is 30.1 Å². The topological polar surface area (TPSA) is 53.5 Å². The molecule has 1 aliphatic heterocycles. The van der Waals surface area contributed by atoms with Crippen LogP contribution in [0.2, 0.25) is 0 Å². The van der Waals surface area contributed by atoms with Gasteiger partial charge < -0.3 is 9.69 Å². The summed E-state index contributed by atoms with van der Waals surface area (Å²) in [7, 11) is 0. The van der Waals surface area contributed by atoms with Crippen LogP contribution >= 0.6 is 0 Å². The van der Waals surface area contributed by atoms with E-state index < -0.39 is 0 Å². The lowest BCUT2D eigenvalue weighted by Gasteiger charge is -2.37. The van der Waals surface area contributed by atoms with Crippen molar-refractivity contribution in [3.63, 3.8) is 0 Å². The van der Waals surface area contributed by atoms with Gasteiger partial charge in [-0.25, -0.2) is 0 Å². The van der Waals surface area contributed by atoms with Crippen LogP contribution in [0.1, 0.15) is 50.3 Å². The van der Waals surface area contributed by atoms with Crippen LogP contribution in [0.5, 0.6) is 0 Å². The van der Waals surface area contributed by atoms with Gasteiger partial charge >= 0.3 is 0 Å². The van der Waals surface area contributed by atoms with E-state index in [9.17, 15) is 9.59 Å². The molecule has 3 rings (SSSR count). The third-order valence-corrected chi connectivity index (χ3v) is 5.37. The Bertz CT molecular complexity index is 535. The van der Waals surface area contributed by atoms with Crippen molar-refractivity contribution in [3.8, 4) is 0 Å². The molecule has 2 fully saturated rings. The van der Waals surface area contributed by atoms with Gasteiger partial charge in [-0.2, -0.15) is 0 Å². The van der Waals surface area contributed by atoms with Gasteiger partial charge in [0.15, 0.2) is 0 Å². The molecule has 0 aromatic carbocycles. The largest absolute Gasteiger partial charge is 0.340 e. The number of nitrogens with zero attached hydrogens (tertiary/aromatic N) is 3. The van der Waals surface area contributed by atoms with Gasteiger partial charge in [0, 0.05) is 38.8 Å². The Morgan fingerprint density at radius 3 is 2.54 bits per heavy atom. The molecular weight excluding hydrogens is 302 g/mol. The Kier molecular flexibility index (Phi) is 5.96. The van der Waals surface area contributed by atoms with Crippen molar-refractivity contribution in [2.45, 2.75) is 44.6 Å². The average molecular weight is 329 g/mol. The highest BCUT2D eigenvalue weighted by Crippen LogP contribution is 2.27. The highest BCUT2D eigenvalue weighted by molar-refractivity contribution is 5.76. The first kappa shape index (κ1) is 17.1. The molecule has 1 aromatic heterocycles. The van der Waals surface area contributed by atoms with Crippen molar-refractivity contribution in [2.24, 2.45) is 5.92 Å². The van der Waals surface area contributed by atoms with Crippen molar-refractivity contribution in [1.29, 1.82) is 0 Å². The Labute approximate surface area is 144 Å². The van der Waals surface area contributed by atoms with Gasteiger partial charge in [0.1, 0.15) is 12.3 Å². The van der Waals surface area contributed by atoms with Gasteiger partial charge in [-0.05, 0) is 30.9 Å². The normalized spacial score (nSPS) is 21.4. The minimum absolute atomic E-state index is 0.294. The molecule has 0 N–H and O–H groups in total. The quantitative estimate of drug-likeness (QED) is 0.779. The molecule has 1 unspecified atom stereocenters. The number of amides is 1. The van der Waals surface area contributed by atoms with Crippen LogP contribution in [0.25, 0.3) is 0 Å². The molecule has 2 heterocycles. The predicted molar refractivity (Wildman–Crippen MR) is 92.4 cm³/mol. The van der Waals surface area contributed by atoms with Crippen LogP contribution in [-0.4, -0.2) is 53.2 Å². The summed E-state index contributed by atoms with van der Waals surface area (Å²) in [6, 6.07) is 5.34. The number of carbonyl (C=O) groups is 2. The molecule has 1 saturated heterocycles. The minimum atomic E-state index is -0.304. The highest BCUT2D eigenvalue weighted by Gasteiger charge is 2.28. The lowest BCUT2D eigenvalue weighted by Crippen LogP contribution is -2.50. The maximum atomic E-state index is 12.5. The van der Waals surface area contributed by atoms with Crippen LogP contribution in [0, 0.1) is 5.92 Å².